The van der Waals surface area contributed by atoms with Crippen LogP contribution in [0.4, 0.5) is 0 Å². The highest BCUT2D eigenvalue weighted by Crippen LogP contribution is 2.22. The molecule has 0 heterocycles. The van der Waals surface area contributed by atoms with E-state index in [1.807, 2.05) is 24.3 Å². The van der Waals surface area contributed by atoms with Crippen LogP contribution in [-0.2, 0) is 16.0 Å². The maximum Gasteiger partial charge on any atom is 0.303 e. The van der Waals surface area contributed by atoms with Gasteiger partial charge in [-0.05, 0) is 24.0 Å². The molecule has 0 aromatic heterocycles. The van der Waals surface area contributed by atoms with Crippen LogP contribution in [0.1, 0.15) is 36.8 Å². The van der Waals surface area contributed by atoms with Crippen molar-refractivity contribution in [3.8, 4) is 0 Å². The number of carboxylic acid groups (broad SMARTS) is 1. The summed E-state index contributed by atoms with van der Waals surface area (Å²) in [6.45, 7) is 2.07. The molecule has 1 aromatic carbocycles. The van der Waals surface area contributed by atoms with E-state index >= 15 is 0 Å². The van der Waals surface area contributed by atoms with Crippen LogP contribution in [-0.4, -0.2) is 24.0 Å². The molecule has 0 bridgehead atoms. The molecule has 0 saturated heterocycles. The summed E-state index contributed by atoms with van der Waals surface area (Å²) in [5.41, 5.74) is 2.07. The first-order valence-corrected chi connectivity index (χ1v) is 6.10. The van der Waals surface area contributed by atoms with Gasteiger partial charge >= 0.3 is 5.97 Å². The van der Waals surface area contributed by atoms with Gasteiger partial charge in [-0.15, -0.1) is 0 Å². The summed E-state index contributed by atoms with van der Waals surface area (Å²) in [5.74, 6) is -1.41. The van der Waals surface area contributed by atoms with E-state index in [1.54, 1.807) is 7.05 Å². The number of nitrogens with one attached hydrogen (secondary N) is 1. The third-order valence-electron chi connectivity index (χ3n) is 3.00. The second-order valence-electron chi connectivity index (χ2n) is 4.19. The van der Waals surface area contributed by atoms with E-state index in [0.29, 0.717) is 6.42 Å². The summed E-state index contributed by atoms with van der Waals surface area (Å²) >= 11 is 0. The highest BCUT2D eigenvalue weighted by molar-refractivity contribution is 5.84. The normalized spacial score (nSPS) is 11.9. The average Bonchev–Trinajstić information content (AvgIpc) is 2.39. The molecular formula is C14H19NO3. The Labute approximate surface area is 107 Å². The van der Waals surface area contributed by atoms with Crippen molar-refractivity contribution in [2.75, 3.05) is 7.05 Å². The van der Waals surface area contributed by atoms with Crippen molar-refractivity contribution in [3.63, 3.8) is 0 Å². The topological polar surface area (TPSA) is 66.4 Å². The SMILES string of the molecule is CCc1ccc(C(CCC(=O)O)C(=O)NC)cc1. The van der Waals surface area contributed by atoms with Gasteiger partial charge in [0.15, 0.2) is 0 Å². The molecule has 0 fully saturated rings. The van der Waals surface area contributed by atoms with Crippen molar-refractivity contribution in [1.82, 2.24) is 5.32 Å². The smallest absolute Gasteiger partial charge is 0.303 e. The maximum absolute atomic E-state index is 11.8. The van der Waals surface area contributed by atoms with Gasteiger partial charge in [0.25, 0.3) is 0 Å². The Kier molecular flexibility index (Phi) is 5.36. The number of aliphatic carboxylic acids is 1. The highest BCUT2D eigenvalue weighted by atomic mass is 16.4. The van der Waals surface area contributed by atoms with Crippen LogP contribution in [0.2, 0.25) is 0 Å². The molecule has 1 rings (SSSR count). The second kappa shape index (κ2) is 6.79. The van der Waals surface area contributed by atoms with Crippen LogP contribution in [0.3, 0.4) is 0 Å². The molecule has 0 spiro atoms. The first-order valence-electron chi connectivity index (χ1n) is 6.10. The van der Waals surface area contributed by atoms with Crippen LogP contribution in [0, 0.1) is 0 Å². The Morgan fingerprint density at radius 1 is 1.28 bits per heavy atom. The lowest BCUT2D eigenvalue weighted by Gasteiger charge is -2.15. The molecule has 4 heteroatoms. The minimum atomic E-state index is -0.880. The van der Waals surface area contributed by atoms with Crippen molar-refractivity contribution in [1.29, 1.82) is 0 Å². The van der Waals surface area contributed by atoms with E-state index in [0.717, 1.165) is 12.0 Å². The summed E-state index contributed by atoms with van der Waals surface area (Å²) in [7, 11) is 1.57. The first kappa shape index (κ1) is 14.2. The van der Waals surface area contributed by atoms with Gasteiger partial charge in [-0.25, -0.2) is 0 Å². The van der Waals surface area contributed by atoms with Crippen LogP contribution in [0.15, 0.2) is 24.3 Å². The molecule has 0 aliphatic heterocycles. The van der Waals surface area contributed by atoms with Gasteiger partial charge in [-0.1, -0.05) is 31.2 Å². The average molecular weight is 249 g/mol. The van der Waals surface area contributed by atoms with E-state index < -0.39 is 11.9 Å². The number of carbonyl (C=O) groups excluding carboxylic acids is 1. The summed E-state index contributed by atoms with van der Waals surface area (Å²) < 4.78 is 0. The molecule has 0 saturated carbocycles. The molecule has 0 aliphatic carbocycles. The van der Waals surface area contributed by atoms with Gasteiger partial charge in [0.2, 0.25) is 5.91 Å². The molecule has 18 heavy (non-hydrogen) atoms. The Bertz CT molecular complexity index is 412. The molecule has 1 atom stereocenters. The number of amides is 1. The quantitative estimate of drug-likeness (QED) is 0.809. The van der Waals surface area contributed by atoms with Crippen molar-refractivity contribution in [3.05, 3.63) is 35.4 Å². The van der Waals surface area contributed by atoms with Crippen molar-refractivity contribution in [2.24, 2.45) is 0 Å². The van der Waals surface area contributed by atoms with Gasteiger partial charge in [0.1, 0.15) is 0 Å². The van der Waals surface area contributed by atoms with Crippen LogP contribution in [0.25, 0.3) is 0 Å². The zero-order valence-electron chi connectivity index (χ0n) is 10.8. The standard InChI is InChI=1S/C14H19NO3/c1-3-10-4-6-11(7-5-10)12(14(18)15-2)8-9-13(16)17/h4-7,12H,3,8-9H2,1-2H3,(H,15,18)(H,16,17). The maximum atomic E-state index is 11.8. The number of hydrogen-bond acceptors (Lipinski definition) is 2. The molecule has 1 amide bonds. The number of carboxylic acids is 1. The predicted octanol–water partition coefficient (Wildman–Crippen LogP) is 1.94. The zero-order chi connectivity index (χ0) is 13.5. The van der Waals surface area contributed by atoms with Crippen molar-refractivity contribution in [2.45, 2.75) is 32.1 Å². The van der Waals surface area contributed by atoms with E-state index in [4.69, 9.17) is 5.11 Å². The zero-order valence-corrected chi connectivity index (χ0v) is 10.8. The van der Waals surface area contributed by atoms with Crippen LogP contribution < -0.4 is 5.32 Å². The number of hydrogen-bond donors (Lipinski definition) is 2. The lowest BCUT2D eigenvalue weighted by atomic mass is 9.92. The van der Waals surface area contributed by atoms with E-state index in [9.17, 15) is 9.59 Å². The molecular weight excluding hydrogens is 230 g/mol. The third kappa shape index (κ3) is 3.87. The first-order chi connectivity index (χ1) is 8.58. The molecule has 4 nitrogen and oxygen atoms in total. The fourth-order valence-electron chi connectivity index (χ4n) is 1.88. The lowest BCUT2D eigenvalue weighted by molar-refractivity contribution is -0.137. The largest absolute Gasteiger partial charge is 0.481 e. The van der Waals surface area contributed by atoms with Crippen LogP contribution >= 0.6 is 0 Å². The highest BCUT2D eigenvalue weighted by Gasteiger charge is 2.20. The molecule has 0 aliphatic rings. The third-order valence-corrected chi connectivity index (χ3v) is 3.00. The fourth-order valence-corrected chi connectivity index (χ4v) is 1.88. The molecule has 1 unspecified atom stereocenters. The number of carbonyl (C=O) groups is 2. The number of likely N-dealkylation sites (N-methyl/N-ethyl adjacent to an activating group) is 1. The second-order valence-corrected chi connectivity index (χ2v) is 4.19. The van der Waals surface area contributed by atoms with Gasteiger partial charge in [0, 0.05) is 13.5 Å². The summed E-state index contributed by atoms with van der Waals surface area (Å²) in [4.78, 5) is 22.4. The number of aryl methyl sites for hydroxylation is 1. The Balaban J connectivity index is 2.86. The summed E-state index contributed by atoms with van der Waals surface area (Å²) in [5, 5.41) is 11.3. The molecule has 0 radical (unpaired) electrons. The lowest BCUT2D eigenvalue weighted by Crippen LogP contribution is -2.26. The minimum absolute atomic E-state index is 0.00633. The monoisotopic (exact) mass is 249 g/mol. The van der Waals surface area contributed by atoms with Gasteiger partial charge in [0.05, 0.1) is 5.92 Å². The molecule has 2 N–H and O–H groups in total. The van der Waals surface area contributed by atoms with Crippen molar-refractivity contribution >= 4 is 11.9 Å². The van der Waals surface area contributed by atoms with Gasteiger partial charge in [-0.2, -0.15) is 0 Å². The van der Waals surface area contributed by atoms with E-state index in [1.165, 1.54) is 5.56 Å². The summed E-state index contributed by atoms with van der Waals surface area (Å²) in [6, 6.07) is 7.76. The molecule has 1 aromatic rings. The van der Waals surface area contributed by atoms with Crippen molar-refractivity contribution < 1.29 is 14.7 Å². The Morgan fingerprint density at radius 2 is 1.89 bits per heavy atom. The van der Waals surface area contributed by atoms with Gasteiger partial charge < -0.3 is 10.4 Å². The number of rotatable bonds is 6. The predicted molar refractivity (Wildman–Crippen MR) is 69.5 cm³/mol. The minimum Gasteiger partial charge on any atom is -0.481 e. The summed E-state index contributed by atoms with van der Waals surface area (Å²) in [6.07, 6.45) is 1.26. The Hall–Kier alpha value is -1.84. The molecule has 98 valence electrons. The number of benzene rings is 1. The van der Waals surface area contributed by atoms with E-state index in [-0.39, 0.29) is 12.3 Å². The fraction of sp³-hybridized carbons (Fsp3) is 0.429. The Morgan fingerprint density at radius 3 is 2.33 bits per heavy atom. The van der Waals surface area contributed by atoms with E-state index in [2.05, 4.69) is 12.2 Å². The van der Waals surface area contributed by atoms with Crippen LogP contribution in [0.5, 0.6) is 0 Å². The van der Waals surface area contributed by atoms with Gasteiger partial charge in [-0.3, -0.25) is 9.59 Å².